The van der Waals surface area contributed by atoms with Gasteiger partial charge in [0.25, 0.3) is 5.69 Å². The molecule has 1 aromatic carbocycles. The van der Waals surface area contributed by atoms with Crippen molar-refractivity contribution < 1.29 is 14.1 Å². The minimum atomic E-state index is -0.712. The summed E-state index contributed by atoms with van der Waals surface area (Å²) in [5.74, 6) is -0.870. The van der Waals surface area contributed by atoms with E-state index in [1.165, 1.54) is 11.0 Å². The SMILES string of the molecule is CCCNC1CCCN(c2cc(F)cc([N+](=O)[O-])c2)C1=O. The summed E-state index contributed by atoms with van der Waals surface area (Å²) in [5, 5.41) is 14.0. The molecule has 0 aromatic heterocycles. The lowest BCUT2D eigenvalue weighted by Gasteiger charge is -2.32. The molecular formula is C14H18FN3O3. The molecule has 1 fully saturated rings. The predicted octanol–water partition coefficient (Wildman–Crippen LogP) is 2.23. The summed E-state index contributed by atoms with van der Waals surface area (Å²) in [6.45, 7) is 3.19. The Labute approximate surface area is 122 Å². The van der Waals surface area contributed by atoms with Crippen molar-refractivity contribution >= 4 is 17.3 Å². The second-order valence-electron chi connectivity index (χ2n) is 5.06. The zero-order valence-corrected chi connectivity index (χ0v) is 11.8. The highest BCUT2D eigenvalue weighted by Crippen LogP contribution is 2.26. The lowest BCUT2D eigenvalue weighted by Crippen LogP contribution is -2.51. The standard InChI is InChI=1S/C14H18FN3O3/c1-2-5-16-13-4-3-6-17(14(13)19)11-7-10(15)8-12(9-11)18(20)21/h7-9,13,16H,2-6H2,1H3. The third-order valence-corrected chi connectivity index (χ3v) is 3.47. The second-order valence-corrected chi connectivity index (χ2v) is 5.06. The van der Waals surface area contributed by atoms with Crippen LogP contribution in [0.5, 0.6) is 0 Å². The summed E-state index contributed by atoms with van der Waals surface area (Å²) >= 11 is 0. The number of benzene rings is 1. The molecule has 1 saturated heterocycles. The molecule has 2 rings (SSSR count). The fraction of sp³-hybridized carbons (Fsp3) is 0.500. The number of hydrogen-bond acceptors (Lipinski definition) is 4. The van der Waals surface area contributed by atoms with E-state index in [2.05, 4.69) is 5.32 Å². The topological polar surface area (TPSA) is 75.5 Å². The van der Waals surface area contributed by atoms with Crippen molar-refractivity contribution in [1.82, 2.24) is 5.32 Å². The van der Waals surface area contributed by atoms with Gasteiger partial charge in [-0.25, -0.2) is 4.39 Å². The van der Waals surface area contributed by atoms with Crippen LogP contribution >= 0.6 is 0 Å². The molecule has 0 saturated carbocycles. The molecule has 0 radical (unpaired) electrons. The van der Waals surface area contributed by atoms with E-state index in [1.54, 1.807) is 0 Å². The molecule has 1 heterocycles. The van der Waals surface area contributed by atoms with E-state index in [0.29, 0.717) is 6.54 Å². The number of anilines is 1. The molecule has 0 spiro atoms. The van der Waals surface area contributed by atoms with Crippen molar-refractivity contribution in [2.45, 2.75) is 32.2 Å². The van der Waals surface area contributed by atoms with Crippen molar-refractivity contribution in [1.29, 1.82) is 0 Å². The summed E-state index contributed by atoms with van der Waals surface area (Å²) in [6.07, 6.45) is 2.42. The molecule has 7 heteroatoms. The van der Waals surface area contributed by atoms with Gasteiger partial charge in [0.1, 0.15) is 5.82 Å². The maximum Gasteiger partial charge on any atom is 0.274 e. The first-order chi connectivity index (χ1) is 10.0. The highest BCUT2D eigenvalue weighted by atomic mass is 19.1. The number of non-ortho nitro benzene ring substituents is 1. The van der Waals surface area contributed by atoms with Gasteiger partial charge in [-0.15, -0.1) is 0 Å². The Morgan fingerprint density at radius 1 is 1.48 bits per heavy atom. The van der Waals surface area contributed by atoms with Crippen LogP contribution in [0.4, 0.5) is 15.8 Å². The molecule has 114 valence electrons. The minimum absolute atomic E-state index is 0.158. The van der Waals surface area contributed by atoms with Gasteiger partial charge in [0.15, 0.2) is 0 Å². The van der Waals surface area contributed by atoms with Crippen molar-refractivity contribution in [3.05, 3.63) is 34.1 Å². The molecule has 21 heavy (non-hydrogen) atoms. The first kappa shape index (κ1) is 15.4. The predicted molar refractivity (Wildman–Crippen MR) is 76.7 cm³/mol. The highest BCUT2D eigenvalue weighted by Gasteiger charge is 2.30. The van der Waals surface area contributed by atoms with E-state index < -0.39 is 10.7 Å². The zero-order chi connectivity index (χ0) is 15.4. The summed E-state index contributed by atoms with van der Waals surface area (Å²) in [5.41, 5.74) is -0.101. The fourth-order valence-corrected chi connectivity index (χ4v) is 2.46. The number of nitro benzene ring substituents is 1. The first-order valence-corrected chi connectivity index (χ1v) is 7.02. The molecule has 1 N–H and O–H groups in total. The maximum atomic E-state index is 13.5. The summed E-state index contributed by atoms with van der Waals surface area (Å²) in [7, 11) is 0. The summed E-state index contributed by atoms with van der Waals surface area (Å²) < 4.78 is 13.5. The van der Waals surface area contributed by atoms with E-state index in [1.807, 2.05) is 6.92 Å². The van der Waals surface area contributed by atoms with Gasteiger partial charge in [0, 0.05) is 12.6 Å². The minimum Gasteiger partial charge on any atom is -0.311 e. The van der Waals surface area contributed by atoms with Gasteiger partial charge in [-0.2, -0.15) is 0 Å². The molecule has 1 aliphatic heterocycles. The molecule has 0 aliphatic carbocycles. The van der Waals surface area contributed by atoms with E-state index in [0.717, 1.165) is 37.9 Å². The zero-order valence-electron chi connectivity index (χ0n) is 11.8. The number of piperidine rings is 1. The number of rotatable bonds is 5. The maximum absolute atomic E-state index is 13.5. The van der Waals surface area contributed by atoms with Gasteiger partial charge in [-0.05, 0) is 31.9 Å². The average molecular weight is 295 g/mol. The lowest BCUT2D eigenvalue weighted by molar-refractivity contribution is -0.385. The lowest BCUT2D eigenvalue weighted by atomic mass is 10.0. The number of amides is 1. The van der Waals surface area contributed by atoms with Gasteiger partial charge >= 0.3 is 0 Å². The third-order valence-electron chi connectivity index (χ3n) is 3.47. The van der Waals surface area contributed by atoms with Crippen LogP contribution in [0.3, 0.4) is 0 Å². The molecule has 1 aliphatic rings. The van der Waals surface area contributed by atoms with Gasteiger partial charge in [0.2, 0.25) is 5.91 Å². The van der Waals surface area contributed by atoms with Gasteiger partial charge in [-0.3, -0.25) is 14.9 Å². The van der Waals surface area contributed by atoms with Crippen LogP contribution in [0.2, 0.25) is 0 Å². The number of carbonyl (C=O) groups is 1. The Hall–Kier alpha value is -2.02. The van der Waals surface area contributed by atoms with Crippen molar-refractivity contribution in [2.24, 2.45) is 0 Å². The van der Waals surface area contributed by atoms with E-state index >= 15 is 0 Å². The number of nitrogens with one attached hydrogen (secondary N) is 1. The molecule has 1 aromatic rings. The van der Waals surface area contributed by atoms with Crippen LogP contribution < -0.4 is 10.2 Å². The largest absolute Gasteiger partial charge is 0.311 e. The number of halogens is 1. The average Bonchev–Trinajstić information content (AvgIpc) is 2.45. The first-order valence-electron chi connectivity index (χ1n) is 7.02. The van der Waals surface area contributed by atoms with Gasteiger partial charge in [-0.1, -0.05) is 6.92 Å². The molecule has 6 nitrogen and oxygen atoms in total. The number of hydrogen-bond donors (Lipinski definition) is 1. The van der Waals surface area contributed by atoms with Gasteiger partial charge < -0.3 is 10.2 Å². The Balaban J connectivity index is 2.24. The smallest absolute Gasteiger partial charge is 0.274 e. The Bertz CT molecular complexity index is 550. The van der Waals surface area contributed by atoms with Gasteiger partial charge in [0.05, 0.1) is 22.7 Å². The van der Waals surface area contributed by atoms with E-state index in [9.17, 15) is 19.3 Å². The van der Waals surface area contributed by atoms with Crippen LogP contribution in [0.15, 0.2) is 18.2 Å². The Morgan fingerprint density at radius 2 is 2.24 bits per heavy atom. The van der Waals surface area contributed by atoms with Crippen molar-refractivity contribution in [3.63, 3.8) is 0 Å². The van der Waals surface area contributed by atoms with Crippen LogP contribution in [0.25, 0.3) is 0 Å². The van der Waals surface area contributed by atoms with E-state index in [4.69, 9.17) is 0 Å². The Morgan fingerprint density at radius 3 is 2.90 bits per heavy atom. The number of carbonyl (C=O) groups excluding carboxylic acids is 1. The molecule has 1 amide bonds. The van der Waals surface area contributed by atoms with E-state index in [-0.39, 0.29) is 23.3 Å². The summed E-state index contributed by atoms with van der Waals surface area (Å²) in [4.78, 5) is 24.0. The number of nitro groups is 1. The fourth-order valence-electron chi connectivity index (χ4n) is 2.46. The van der Waals surface area contributed by atoms with Crippen molar-refractivity contribution in [3.8, 4) is 0 Å². The van der Waals surface area contributed by atoms with Crippen LogP contribution in [-0.2, 0) is 4.79 Å². The van der Waals surface area contributed by atoms with Crippen LogP contribution in [-0.4, -0.2) is 30.0 Å². The molecule has 1 atom stereocenters. The molecule has 1 unspecified atom stereocenters. The molecular weight excluding hydrogens is 277 g/mol. The monoisotopic (exact) mass is 295 g/mol. The quantitative estimate of drug-likeness (QED) is 0.667. The Kier molecular flexibility index (Phi) is 4.85. The summed E-state index contributed by atoms with van der Waals surface area (Å²) in [6, 6.07) is 2.95. The normalized spacial score (nSPS) is 18.9. The third kappa shape index (κ3) is 3.55. The van der Waals surface area contributed by atoms with Crippen LogP contribution in [0.1, 0.15) is 26.2 Å². The van der Waals surface area contributed by atoms with Crippen molar-refractivity contribution in [2.75, 3.05) is 18.0 Å². The highest BCUT2D eigenvalue weighted by molar-refractivity contribution is 5.98. The second kappa shape index (κ2) is 6.62. The molecule has 0 bridgehead atoms. The number of nitrogens with zero attached hydrogens (tertiary/aromatic N) is 2. The van der Waals surface area contributed by atoms with Crippen LogP contribution in [0, 0.1) is 15.9 Å².